The van der Waals surface area contributed by atoms with Crippen molar-refractivity contribution >= 4 is 43.2 Å². The van der Waals surface area contributed by atoms with Crippen molar-refractivity contribution < 1.29 is 12.8 Å². The van der Waals surface area contributed by atoms with Crippen molar-refractivity contribution in [2.24, 2.45) is 0 Å². The van der Waals surface area contributed by atoms with Gasteiger partial charge in [-0.05, 0) is 35.9 Å². The summed E-state index contributed by atoms with van der Waals surface area (Å²) >= 11 is 8.83. The van der Waals surface area contributed by atoms with E-state index in [-0.39, 0.29) is 15.6 Å². The van der Waals surface area contributed by atoms with Crippen LogP contribution >= 0.6 is 27.5 Å². The average Bonchev–Trinajstić information content (AvgIpc) is 2.43. The van der Waals surface area contributed by atoms with Crippen LogP contribution in [0.25, 0.3) is 0 Å². The van der Waals surface area contributed by atoms with Crippen LogP contribution in [0.15, 0.2) is 47.4 Å². The normalized spacial score (nSPS) is 11.3. The van der Waals surface area contributed by atoms with Gasteiger partial charge in [0.2, 0.25) is 0 Å². The quantitative estimate of drug-likeness (QED) is 0.812. The zero-order chi connectivity index (χ0) is 14.8. The van der Waals surface area contributed by atoms with Gasteiger partial charge in [0, 0.05) is 5.33 Å². The van der Waals surface area contributed by atoms with Gasteiger partial charge in [0.25, 0.3) is 10.0 Å². The molecule has 0 saturated carbocycles. The second-order valence-corrected chi connectivity index (χ2v) is 6.66. The number of halogens is 3. The molecule has 7 heteroatoms. The number of rotatable bonds is 4. The van der Waals surface area contributed by atoms with E-state index in [0.717, 1.165) is 11.6 Å². The first-order valence-electron chi connectivity index (χ1n) is 5.55. The summed E-state index contributed by atoms with van der Waals surface area (Å²) in [6, 6.07) is 10.1. The summed E-state index contributed by atoms with van der Waals surface area (Å²) in [4.78, 5) is 0.109. The third-order valence-corrected chi connectivity index (χ3v) is 4.91. The smallest absolute Gasteiger partial charge is 0.261 e. The minimum absolute atomic E-state index is 0.0605. The van der Waals surface area contributed by atoms with E-state index < -0.39 is 15.8 Å². The molecule has 20 heavy (non-hydrogen) atoms. The molecule has 0 aliphatic rings. The second-order valence-electron chi connectivity index (χ2n) is 4.01. The summed E-state index contributed by atoms with van der Waals surface area (Å²) < 4.78 is 39.8. The van der Waals surface area contributed by atoms with Crippen LogP contribution in [0.1, 0.15) is 5.56 Å². The van der Waals surface area contributed by atoms with E-state index in [1.54, 1.807) is 12.1 Å². The SMILES string of the molecule is O=S(=O)(Nc1ccc(Cl)c(F)c1)c1ccc(CBr)cc1. The molecular weight excluding hydrogens is 369 g/mol. The predicted molar refractivity (Wildman–Crippen MR) is 81.3 cm³/mol. The summed E-state index contributed by atoms with van der Waals surface area (Å²) in [6.07, 6.45) is 0. The molecule has 0 radical (unpaired) electrons. The highest BCUT2D eigenvalue weighted by Gasteiger charge is 2.14. The van der Waals surface area contributed by atoms with Gasteiger partial charge < -0.3 is 0 Å². The van der Waals surface area contributed by atoms with E-state index in [9.17, 15) is 12.8 Å². The van der Waals surface area contributed by atoms with Gasteiger partial charge in [-0.25, -0.2) is 12.8 Å². The fourth-order valence-corrected chi connectivity index (χ4v) is 3.07. The Balaban J connectivity index is 2.27. The van der Waals surface area contributed by atoms with Crippen LogP contribution in [0.3, 0.4) is 0 Å². The number of benzene rings is 2. The van der Waals surface area contributed by atoms with Crippen molar-refractivity contribution in [3.8, 4) is 0 Å². The highest BCUT2D eigenvalue weighted by Crippen LogP contribution is 2.22. The Bertz CT molecular complexity index is 720. The predicted octanol–water partition coefficient (Wildman–Crippen LogP) is 4.17. The number of alkyl halides is 1. The van der Waals surface area contributed by atoms with Gasteiger partial charge in [0.05, 0.1) is 15.6 Å². The summed E-state index contributed by atoms with van der Waals surface area (Å²) in [6.45, 7) is 0. The molecule has 0 amide bonds. The van der Waals surface area contributed by atoms with Gasteiger partial charge in [-0.15, -0.1) is 0 Å². The van der Waals surface area contributed by atoms with Crippen molar-refractivity contribution in [1.82, 2.24) is 0 Å². The lowest BCUT2D eigenvalue weighted by molar-refractivity contribution is 0.601. The van der Waals surface area contributed by atoms with Crippen LogP contribution in [-0.4, -0.2) is 8.42 Å². The van der Waals surface area contributed by atoms with Crippen LogP contribution < -0.4 is 4.72 Å². The molecule has 2 aromatic carbocycles. The Labute approximate surface area is 130 Å². The minimum Gasteiger partial charge on any atom is -0.280 e. The molecule has 0 spiro atoms. The summed E-state index contributed by atoms with van der Waals surface area (Å²) in [5, 5.41) is 0.581. The molecule has 0 saturated heterocycles. The lowest BCUT2D eigenvalue weighted by Crippen LogP contribution is -2.13. The number of anilines is 1. The van der Waals surface area contributed by atoms with Crippen LogP contribution in [0, 0.1) is 5.82 Å². The van der Waals surface area contributed by atoms with Crippen LogP contribution in [0.2, 0.25) is 5.02 Å². The molecule has 0 bridgehead atoms. The fourth-order valence-electron chi connectivity index (χ4n) is 1.53. The molecule has 0 unspecified atom stereocenters. The molecule has 3 nitrogen and oxygen atoms in total. The van der Waals surface area contributed by atoms with Crippen LogP contribution in [-0.2, 0) is 15.4 Å². The summed E-state index contributed by atoms with van der Waals surface area (Å²) in [5.41, 5.74) is 1.08. The van der Waals surface area contributed by atoms with Crippen molar-refractivity contribution in [3.05, 3.63) is 58.9 Å². The maximum Gasteiger partial charge on any atom is 0.261 e. The highest BCUT2D eigenvalue weighted by atomic mass is 79.9. The summed E-state index contributed by atoms with van der Waals surface area (Å²) in [7, 11) is -3.74. The van der Waals surface area contributed by atoms with E-state index in [1.165, 1.54) is 24.3 Å². The third kappa shape index (κ3) is 3.50. The van der Waals surface area contributed by atoms with E-state index in [0.29, 0.717) is 5.33 Å². The van der Waals surface area contributed by atoms with Crippen molar-refractivity contribution in [2.45, 2.75) is 10.2 Å². The molecule has 106 valence electrons. The number of nitrogens with one attached hydrogen (secondary N) is 1. The molecule has 0 aromatic heterocycles. The van der Waals surface area contributed by atoms with E-state index in [4.69, 9.17) is 11.6 Å². The molecule has 0 aliphatic carbocycles. The van der Waals surface area contributed by atoms with E-state index in [2.05, 4.69) is 20.7 Å². The van der Waals surface area contributed by atoms with Gasteiger partial charge in [0.1, 0.15) is 5.82 Å². The van der Waals surface area contributed by atoms with E-state index >= 15 is 0 Å². The first-order valence-corrected chi connectivity index (χ1v) is 8.53. The van der Waals surface area contributed by atoms with Gasteiger partial charge >= 0.3 is 0 Å². The fraction of sp³-hybridized carbons (Fsp3) is 0.0769. The zero-order valence-corrected chi connectivity index (χ0v) is 13.3. The van der Waals surface area contributed by atoms with Crippen molar-refractivity contribution in [2.75, 3.05) is 4.72 Å². The molecule has 1 N–H and O–H groups in total. The zero-order valence-electron chi connectivity index (χ0n) is 10.1. The lowest BCUT2D eigenvalue weighted by atomic mass is 10.2. The third-order valence-electron chi connectivity index (χ3n) is 2.56. The largest absolute Gasteiger partial charge is 0.280 e. The van der Waals surface area contributed by atoms with Crippen molar-refractivity contribution in [1.29, 1.82) is 0 Å². The van der Waals surface area contributed by atoms with Gasteiger partial charge in [-0.2, -0.15) is 0 Å². The Hall–Kier alpha value is -1.11. The number of sulfonamides is 1. The lowest BCUT2D eigenvalue weighted by Gasteiger charge is -2.09. The first-order chi connectivity index (χ1) is 9.42. The molecule has 2 rings (SSSR count). The molecule has 0 aliphatic heterocycles. The topological polar surface area (TPSA) is 46.2 Å². The van der Waals surface area contributed by atoms with Crippen LogP contribution in [0.4, 0.5) is 10.1 Å². The summed E-state index contributed by atoms with van der Waals surface area (Å²) in [5.74, 6) is -0.679. The van der Waals surface area contributed by atoms with Crippen LogP contribution in [0.5, 0.6) is 0 Å². The molecular formula is C13H10BrClFNO2S. The maximum absolute atomic E-state index is 13.3. The average molecular weight is 379 g/mol. The monoisotopic (exact) mass is 377 g/mol. The Morgan fingerprint density at radius 1 is 1.15 bits per heavy atom. The molecule has 0 heterocycles. The van der Waals surface area contributed by atoms with Gasteiger partial charge in [-0.1, -0.05) is 39.7 Å². The standard InChI is InChI=1S/C13H10BrClFNO2S/c14-8-9-1-4-11(5-2-9)20(18,19)17-10-3-6-12(15)13(16)7-10/h1-7,17H,8H2. The first kappa shape index (κ1) is 15.3. The highest BCUT2D eigenvalue weighted by molar-refractivity contribution is 9.08. The maximum atomic E-state index is 13.3. The minimum atomic E-state index is -3.74. The molecule has 0 atom stereocenters. The number of hydrogen-bond donors (Lipinski definition) is 1. The number of hydrogen-bond acceptors (Lipinski definition) is 2. The Morgan fingerprint density at radius 3 is 2.35 bits per heavy atom. The molecule has 0 fully saturated rings. The Kier molecular flexibility index (Phi) is 4.67. The Morgan fingerprint density at radius 2 is 1.80 bits per heavy atom. The van der Waals surface area contributed by atoms with Crippen molar-refractivity contribution in [3.63, 3.8) is 0 Å². The van der Waals surface area contributed by atoms with E-state index in [1.807, 2.05) is 0 Å². The molecule has 2 aromatic rings. The van der Waals surface area contributed by atoms with Gasteiger partial charge in [-0.3, -0.25) is 4.72 Å². The second kappa shape index (κ2) is 6.11. The van der Waals surface area contributed by atoms with Gasteiger partial charge in [0.15, 0.2) is 0 Å².